The van der Waals surface area contributed by atoms with Crippen LogP contribution in [0.5, 0.6) is 0 Å². The van der Waals surface area contributed by atoms with Gasteiger partial charge in [-0.25, -0.2) is 0 Å². The molecule has 0 aromatic rings. The third-order valence-corrected chi connectivity index (χ3v) is 5.73. The fraction of sp³-hybridized carbons (Fsp3) is 1.00. The van der Waals surface area contributed by atoms with Crippen LogP contribution in [-0.2, 0) is 4.74 Å². The van der Waals surface area contributed by atoms with Crippen LogP contribution in [0.3, 0.4) is 0 Å². The number of nitrogens with zero attached hydrogens (tertiary/aromatic N) is 1. The largest absolute Gasteiger partial charge is 0.377 e. The molecule has 0 bridgehead atoms. The third-order valence-electron chi connectivity index (χ3n) is 5.73. The fourth-order valence-electron chi connectivity index (χ4n) is 4.55. The maximum absolute atomic E-state index is 5.98. The Bertz CT molecular complexity index is 312. The highest BCUT2D eigenvalue weighted by molar-refractivity contribution is 5.10. The van der Waals surface area contributed by atoms with Gasteiger partial charge < -0.3 is 10.1 Å². The molecule has 0 spiro atoms. The SMILES string of the molecule is CC(CNC1C2CCCOC2C1(C)C)N1CCCC1. The van der Waals surface area contributed by atoms with Crippen molar-refractivity contribution in [2.75, 3.05) is 26.2 Å². The number of hydrogen-bond donors (Lipinski definition) is 1. The van der Waals surface area contributed by atoms with Crippen LogP contribution in [0.2, 0.25) is 0 Å². The van der Waals surface area contributed by atoms with Gasteiger partial charge in [-0.15, -0.1) is 0 Å². The Morgan fingerprint density at radius 3 is 2.74 bits per heavy atom. The number of nitrogens with one attached hydrogen (secondary N) is 1. The minimum atomic E-state index is 0.315. The van der Waals surface area contributed by atoms with Crippen molar-refractivity contribution >= 4 is 0 Å². The molecule has 0 aromatic carbocycles. The van der Waals surface area contributed by atoms with Crippen LogP contribution < -0.4 is 5.32 Å². The molecular formula is C16H30N2O. The molecule has 4 atom stereocenters. The lowest BCUT2D eigenvalue weighted by molar-refractivity contribution is -0.192. The molecular weight excluding hydrogens is 236 g/mol. The molecule has 3 nitrogen and oxygen atoms in total. The van der Waals surface area contributed by atoms with Crippen molar-refractivity contribution < 1.29 is 4.74 Å². The molecule has 3 fully saturated rings. The minimum Gasteiger partial charge on any atom is -0.377 e. The van der Waals surface area contributed by atoms with E-state index in [-0.39, 0.29) is 0 Å². The average molecular weight is 266 g/mol. The van der Waals surface area contributed by atoms with Crippen molar-refractivity contribution in [3.8, 4) is 0 Å². The lowest BCUT2D eigenvalue weighted by Gasteiger charge is -2.60. The van der Waals surface area contributed by atoms with Crippen LogP contribution in [0.15, 0.2) is 0 Å². The van der Waals surface area contributed by atoms with Crippen LogP contribution in [-0.4, -0.2) is 49.3 Å². The summed E-state index contributed by atoms with van der Waals surface area (Å²) in [6, 6.07) is 1.34. The lowest BCUT2D eigenvalue weighted by Crippen LogP contribution is -2.70. The van der Waals surface area contributed by atoms with E-state index in [1.165, 1.54) is 38.8 Å². The first-order valence-corrected chi connectivity index (χ1v) is 8.20. The number of hydrogen-bond acceptors (Lipinski definition) is 3. The van der Waals surface area contributed by atoms with Gasteiger partial charge >= 0.3 is 0 Å². The number of fused-ring (bicyclic) bond motifs is 1. The van der Waals surface area contributed by atoms with Gasteiger partial charge in [0.1, 0.15) is 0 Å². The van der Waals surface area contributed by atoms with E-state index in [9.17, 15) is 0 Å². The van der Waals surface area contributed by atoms with E-state index in [1.54, 1.807) is 0 Å². The van der Waals surface area contributed by atoms with E-state index in [1.807, 2.05) is 0 Å². The summed E-state index contributed by atoms with van der Waals surface area (Å²) in [6.07, 6.45) is 5.87. The van der Waals surface area contributed by atoms with Crippen molar-refractivity contribution in [2.24, 2.45) is 11.3 Å². The Morgan fingerprint density at radius 2 is 2.00 bits per heavy atom. The molecule has 3 rings (SSSR count). The van der Waals surface area contributed by atoms with E-state index in [2.05, 4.69) is 31.0 Å². The summed E-state index contributed by atoms with van der Waals surface area (Å²) in [4.78, 5) is 2.63. The predicted molar refractivity (Wildman–Crippen MR) is 78.3 cm³/mol. The minimum absolute atomic E-state index is 0.315. The van der Waals surface area contributed by atoms with Crippen molar-refractivity contribution in [3.63, 3.8) is 0 Å². The summed E-state index contributed by atoms with van der Waals surface area (Å²) in [5.74, 6) is 0.759. The highest BCUT2D eigenvalue weighted by Crippen LogP contribution is 2.51. The highest BCUT2D eigenvalue weighted by atomic mass is 16.5. The molecule has 1 aliphatic carbocycles. The molecule has 2 aliphatic heterocycles. The summed E-state index contributed by atoms with van der Waals surface area (Å²) in [6.45, 7) is 11.8. The number of ether oxygens (including phenoxy) is 1. The molecule has 3 aliphatic rings. The van der Waals surface area contributed by atoms with E-state index in [4.69, 9.17) is 4.74 Å². The van der Waals surface area contributed by atoms with E-state index in [0.717, 1.165) is 19.1 Å². The monoisotopic (exact) mass is 266 g/mol. The molecule has 1 saturated carbocycles. The van der Waals surface area contributed by atoms with Gasteiger partial charge in [0.2, 0.25) is 0 Å². The molecule has 3 heteroatoms. The highest BCUT2D eigenvalue weighted by Gasteiger charge is 2.57. The second-order valence-corrected chi connectivity index (χ2v) is 7.40. The van der Waals surface area contributed by atoms with Crippen molar-refractivity contribution in [3.05, 3.63) is 0 Å². The van der Waals surface area contributed by atoms with Crippen molar-refractivity contribution in [2.45, 2.75) is 64.6 Å². The zero-order valence-electron chi connectivity index (χ0n) is 12.8. The Balaban J connectivity index is 1.51. The summed E-state index contributed by atoms with van der Waals surface area (Å²) in [5, 5.41) is 3.86. The van der Waals surface area contributed by atoms with Gasteiger partial charge in [-0.1, -0.05) is 13.8 Å². The predicted octanol–water partition coefficient (Wildman–Crippen LogP) is 2.26. The maximum Gasteiger partial charge on any atom is 0.0684 e. The van der Waals surface area contributed by atoms with Crippen LogP contribution >= 0.6 is 0 Å². The zero-order valence-corrected chi connectivity index (χ0v) is 12.8. The fourth-order valence-corrected chi connectivity index (χ4v) is 4.55. The first-order valence-electron chi connectivity index (χ1n) is 8.20. The Kier molecular flexibility index (Phi) is 3.89. The zero-order chi connectivity index (χ0) is 13.5. The van der Waals surface area contributed by atoms with Crippen LogP contribution in [0.4, 0.5) is 0 Å². The topological polar surface area (TPSA) is 24.5 Å². The summed E-state index contributed by atoms with van der Waals surface area (Å²) in [7, 11) is 0. The lowest BCUT2D eigenvalue weighted by atomic mass is 9.55. The molecule has 0 amide bonds. The smallest absolute Gasteiger partial charge is 0.0684 e. The first-order chi connectivity index (χ1) is 9.10. The molecule has 2 heterocycles. The quantitative estimate of drug-likeness (QED) is 0.845. The summed E-state index contributed by atoms with van der Waals surface area (Å²) in [5.41, 5.74) is 0.315. The second kappa shape index (κ2) is 5.34. The Morgan fingerprint density at radius 1 is 1.26 bits per heavy atom. The van der Waals surface area contributed by atoms with Gasteiger partial charge in [0, 0.05) is 36.6 Å². The summed E-state index contributed by atoms with van der Waals surface area (Å²) >= 11 is 0. The number of likely N-dealkylation sites (tertiary alicyclic amines) is 1. The Hall–Kier alpha value is -0.120. The molecule has 2 saturated heterocycles. The van der Waals surface area contributed by atoms with Crippen molar-refractivity contribution in [1.82, 2.24) is 10.2 Å². The third kappa shape index (κ3) is 2.45. The van der Waals surface area contributed by atoms with Crippen LogP contribution in [0.1, 0.15) is 46.5 Å². The Labute approximate surface area is 118 Å². The average Bonchev–Trinajstić information content (AvgIpc) is 2.92. The molecule has 4 unspecified atom stereocenters. The summed E-state index contributed by atoms with van der Waals surface area (Å²) < 4.78 is 5.98. The first kappa shape index (κ1) is 13.8. The van der Waals surface area contributed by atoms with Gasteiger partial charge in [-0.05, 0) is 45.7 Å². The van der Waals surface area contributed by atoms with Gasteiger partial charge in [-0.3, -0.25) is 4.90 Å². The van der Waals surface area contributed by atoms with Crippen LogP contribution in [0.25, 0.3) is 0 Å². The van der Waals surface area contributed by atoms with Gasteiger partial charge in [0.15, 0.2) is 0 Å². The maximum atomic E-state index is 5.98. The van der Waals surface area contributed by atoms with E-state index >= 15 is 0 Å². The molecule has 110 valence electrons. The molecule has 0 aromatic heterocycles. The van der Waals surface area contributed by atoms with Gasteiger partial charge in [-0.2, -0.15) is 0 Å². The molecule has 0 radical (unpaired) electrons. The van der Waals surface area contributed by atoms with Gasteiger partial charge in [0.25, 0.3) is 0 Å². The van der Waals surface area contributed by atoms with E-state index in [0.29, 0.717) is 23.6 Å². The van der Waals surface area contributed by atoms with Crippen molar-refractivity contribution in [1.29, 1.82) is 0 Å². The standard InChI is InChI=1S/C16H30N2O/c1-12(18-8-4-5-9-18)11-17-14-13-7-6-10-19-15(13)16(14,2)3/h12-15,17H,4-11H2,1-3H3. The molecule has 1 N–H and O–H groups in total. The second-order valence-electron chi connectivity index (χ2n) is 7.40. The van der Waals surface area contributed by atoms with E-state index < -0.39 is 0 Å². The molecule has 19 heavy (non-hydrogen) atoms. The normalized spacial score (nSPS) is 39.6. The number of rotatable bonds is 4. The van der Waals surface area contributed by atoms with Crippen LogP contribution in [0, 0.1) is 11.3 Å². The van der Waals surface area contributed by atoms with Gasteiger partial charge in [0.05, 0.1) is 6.10 Å².